The van der Waals surface area contributed by atoms with Gasteiger partial charge in [-0.05, 0) is 35.2 Å². The lowest BCUT2D eigenvalue weighted by Gasteiger charge is -2.27. The van der Waals surface area contributed by atoms with E-state index in [-0.39, 0.29) is 28.1 Å². The van der Waals surface area contributed by atoms with E-state index in [9.17, 15) is 5.11 Å². The minimum Gasteiger partial charge on any atom is -0.383 e. The molecule has 1 aliphatic carbocycles. The van der Waals surface area contributed by atoms with Crippen LogP contribution in [0.1, 0.15) is 23.6 Å². The predicted molar refractivity (Wildman–Crippen MR) is 107 cm³/mol. The molecular formula is C19H19BrClNOS. The Kier molecular flexibility index (Phi) is 5.12. The summed E-state index contributed by atoms with van der Waals surface area (Å²) in [6.45, 7) is 2.75. The molecule has 126 valence electrons. The summed E-state index contributed by atoms with van der Waals surface area (Å²) in [5, 5.41) is 13.3. The predicted octanol–water partition coefficient (Wildman–Crippen LogP) is 5.01. The van der Waals surface area contributed by atoms with Gasteiger partial charge in [0.2, 0.25) is 0 Å². The minimum absolute atomic E-state index is 0. The first-order valence-electron chi connectivity index (χ1n) is 7.85. The van der Waals surface area contributed by atoms with Crippen molar-refractivity contribution in [3.63, 3.8) is 0 Å². The number of hydrogen-bond donors (Lipinski definition) is 1. The molecule has 3 atom stereocenters. The standard InChI is InChI=1S/C19H18ClNOS.BrH/c1-12-18(21-11-13-5-3-2-4-6-13)23-17-10-14-9-15(20)7-8-16(14)19(12,17)22;/h2-9,12,17,22H,10-11H2,1H3;1H. The quantitative estimate of drug-likeness (QED) is 0.735. The molecule has 2 aliphatic rings. The minimum atomic E-state index is -0.819. The van der Waals surface area contributed by atoms with E-state index in [1.807, 2.05) is 36.4 Å². The molecule has 1 saturated heterocycles. The van der Waals surface area contributed by atoms with E-state index in [1.165, 1.54) is 11.1 Å². The smallest absolute Gasteiger partial charge is 0.111 e. The molecule has 1 N–H and O–H groups in total. The molecule has 0 bridgehead atoms. The molecule has 1 fully saturated rings. The van der Waals surface area contributed by atoms with E-state index >= 15 is 0 Å². The van der Waals surface area contributed by atoms with E-state index in [4.69, 9.17) is 16.6 Å². The molecule has 0 radical (unpaired) electrons. The molecule has 0 saturated carbocycles. The summed E-state index contributed by atoms with van der Waals surface area (Å²) >= 11 is 7.82. The summed E-state index contributed by atoms with van der Waals surface area (Å²) in [4.78, 5) is 4.79. The molecule has 24 heavy (non-hydrogen) atoms. The van der Waals surface area contributed by atoms with Crippen LogP contribution in [0.5, 0.6) is 0 Å². The van der Waals surface area contributed by atoms with Crippen molar-refractivity contribution in [1.29, 1.82) is 0 Å². The summed E-state index contributed by atoms with van der Waals surface area (Å²) in [6.07, 6.45) is 0.853. The molecule has 0 aromatic heterocycles. The molecular weight excluding hydrogens is 406 g/mol. The Morgan fingerprint density at radius 1 is 1.25 bits per heavy atom. The van der Waals surface area contributed by atoms with Gasteiger partial charge in [0.1, 0.15) is 5.60 Å². The van der Waals surface area contributed by atoms with Crippen molar-refractivity contribution in [2.75, 3.05) is 0 Å². The second-order valence-electron chi connectivity index (χ2n) is 6.30. The third-order valence-electron chi connectivity index (χ3n) is 4.95. The van der Waals surface area contributed by atoms with Crippen LogP contribution < -0.4 is 0 Å². The van der Waals surface area contributed by atoms with Crippen molar-refractivity contribution in [3.05, 3.63) is 70.2 Å². The number of rotatable bonds is 2. The van der Waals surface area contributed by atoms with E-state index in [0.29, 0.717) is 6.54 Å². The van der Waals surface area contributed by atoms with Crippen molar-refractivity contribution in [3.8, 4) is 0 Å². The second-order valence-corrected chi connectivity index (χ2v) is 7.96. The SMILES string of the molecule is Br.CC1C(=NCc2ccccc2)SC2Cc3cc(Cl)ccc3C21O. The Bertz CT molecular complexity index is 782. The van der Waals surface area contributed by atoms with Gasteiger partial charge in [0, 0.05) is 16.2 Å². The van der Waals surface area contributed by atoms with Gasteiger partial charge in [-0.2, -0.15) is 0 Å². The molecule has 1 aliphatic heterocycles. The van der Waals surface area contributed by atoms with Gasteiger partial charge < -0.3 is 5.11 Å². The van der Waals surface area contributed by atoms with Crippen LogP contribution in [0.3, 0.4) is 0 Å². The van der Waals surface area contributed by atoms with Gasteiger partial charge in [-0.3, -0.25) is 4.99 Å². The fraction of sp³-hybridized carbons (Fsp3) is 0.316. The lowest BCUT2D eigenvalue weighted by atomic mass is 9.84. The lowest BCUT2D eigenvalue weighted by Crippen LogP contribution is -2.36. The van der Waals surface area contributed by atoms with Crippen molar-refractivity contribution >= 4 is 45.4 Å². The highest BCUT2D eigenvalue weighted by Crippen LogP contribution is 2.55. The highest BCUT2D eigenvalue weighted by molar-refractivity contribution is 8.93. The summed E-state index contributed by atoms with van der Waals surface area (Å²) in [6, 6.07) is 16.1. The molecule has 3 unspecified atom stereocenters. The van der Waals surface area contributed by atoms with Gasteiger partial charge in [0.25, 0.3) is 0 Å². The number of hydrogen-bond acceptors (Lipinski definition) is 3. The van der Waals surface area contributed by atoms with Crippen LogP contribution in [-0.4, -0.2) is 15.4 Å². The van der Waals surface area contributed by atoms with Crippen molar-refractivity contribution in [2.45, 2.75) is 30.7 Å². The first-order valence-corrected chi connectivity index (χ1v) is 9.11. The Morgan fingerprint density at radius 3 is 2.75 bits per heavy atom. The van der Waals surface area contributed by atoms with Crippen molar-refractivity contribution in [1.82, 2.24) is 0 Å². The monoisotopic (exact) mass is 423 g/mol. The van der Waals surface area contributed by atoms with Crippen LogP contribution in [0.15, 0.2) is 53.5 Å². The maximum absolute atomic E-state index is 11.4. The number of aliphatic imine (C=N–C) groups is 1. The van der Waals surface area contributed by atoms with Gasteiger partial charge in [-0.15, -0.1) is 28.7 Å². The topological polar surface area (TPSA) is 32.6 Å². The fourth-order valence-corrected chi connectivity index (χ4v) is 5.44. The maximum Gasteiger partial charge on any atom is 0.111 e. The van der Waals surface area contributed by atoms with Crippen LogP contribution in [-0.2, 0) is 18.6 Å². The Hall–Kier alpha value is -0.810. The van der Waals surface area contributed by atoms with E-state index in [0.717, 1.165) is 22.1 Å². The first-order chi connectivity index (χ1) is 11.1. The van der Waals surface area contributed by atoms with Crippen molar-refractivity contribution in [2.24, 2.45) is 10.9 Å². The maximum atomic E-state index is 11.4. The normalized spacial score (nSPS) is 29.2. The number of fused-ring (bicyclic) bond motifs is 3. The zero-order valence-corrected chi connectivity index (χ0v) is 16.6. The van der Waals surface area contributed by atoms with E-state index in [2.05, 4.69) is 19.1 Å². The highest BCUT2D eigenvalue weighted by atomic mass is 79.9. The number of halogens is 2. The van der Waals surface area contributed by atoms with Crippen LogP contribution in [0, 0.1) is 5.92 Å². The largest absolute Gasteiger partial charge is 0.383 e. The fourth-order valence-electron chi connectivity index (χ4n) is 3.66. The third kappa shape index (κ3) is 2.84. The van der Waals surface area contributed by atoms with Crippen LogP contribution in [0.4, 0.5) is 0 Å². The molecule has 2 aromatic rings. The molecule has 2 nitrogen and oxygen atoms in total. The Morgan fingerprint density at radius 2 is 2.00 bits per heavy atom. The van der Waals surface area contributed by atoms with Crippen LogP contribution in [0.25, 0.3) is 0 Å². The van der Waals surface area contributed by atoms with E-state index < -0.39 is 5.60 Å². The second kappa shape index (κ2) is 6.83. The van der Waals surface area contributed by atoms with Gasteiger partial charge in [-0.1, -0.05) is 54.9 Å². The van der Waals surface area contributed by atoms with Crippen LogP contribution in [0.2, 0.25) is 5.02 Å². The number of benzene rings is 2. The zero-order chi connectivity index (χ0) is 16.0. The lowest BCUT2D eigenvalue weighted by molar-refractivity contribution is 0.0213. The molecule has 5 heteroatoms. The highest BCUT2D eigenvalue weighted by Gasteiger charge is 2.56. The average Bonchev–Trinajstić information content (AvgIpc) is 2.96. The first kappa shape index (κ1) is 18.0. The molecule has 2 aromatic carbocycles. The Labute approximate surface area is 162 Å². The molecule has 0 spiro atoms. The van der Waals surface area contributed by atoms with Gasteiger partial charge in [-0.25, -0.2) is 0 Å². The van der Waals surface area contributed by atoms with Gasteiger partial charge in [0.15, 0.2) is 0 Å². The van der Waals surface area contributed by atoms with Crippen LogP contribution >= 0.6 is 40.3 Å². The summed E-state index contributed by atoms with van der Waals surface area (Å²) < 4.78 is 0. The molecule has 4 rings (SSSR count). The number of nitrogens with zero attached hydrogens (tertiary/aromatic N) is 1. The summed E-state index contributed by atoms with van der Waals surface area (Å²) in [7, 11) is 0. The Balaban J connectivity index is 0.00000169. The third-order valence-corrected chi connectivity index (χ3v) is 6.72. The number of aliphatic hydroxyl groups is 1. The molecule has 1 heterocycles. The zero-order valence-electron chi connectivity index (χ0n) is 13.3. The van der Waals surface area contributed by atoms with Crippen molar-refractivity contribution < 1.29 is 5.11 Å². The van der Waals surface area contributed by atoms with Gasteiger partial charge >= 0.3 is 0 Å². The van der Waals surface area contributed by atoms with E-state index in [1.54, 1.807) is 11.8 Å². The molecule has 0 amide bonds. The summed E-state index contributed by atoms with van der Waals surface area (Å²) in [5.41, 5.74) is 2.58. The van der Waals surface area contributed by atoms with Gasteiger partial charge in [0.05, 0.1) is 11.6 Å². The number of thioether (sulfide) groups is 1. The average molecular weight is 425 g/mol. The summed E-state index contributed by atoms with van der Waals surface area (Å²) in [5.74, 6) is 0.0173.